The number of nitrogens with zero attached hydrogens (tertiary/aromatic N) is 3. The first-order valence-corrected chi connectivity index (χ1v) is 7.70. The first kappa shape index (κ1) is 13.5. The number of H-pyrrole nitrogens is 1. The van der Waals surface area contributed by atoms with Gasteiger partial charge in [-0.1, -0.05) is 13.8 Å². The average molecular weight is 298 g/mol. The molecule has 0 amide bonds. The van der Waals surface area contributed by atoms with Crippen LogP contribution in [0, 0.1) is 11.2 Å². The number of aromatic nitrogens is 3. The first-order chi connectivity index (χ1) is 10.5. The van der Waals surface area contributed by atoms with Gasteiger partial charge in [0, 0.05) is 24.0 Å². The molecule has 0 radical (unpaired) electrons. The standard InChI is InChI=1S/C17H19FN4/c1-17(2)6-3-7-22(9-17)16-15-14(19-10-20-16)12-8-11(18)4-5-13(12)21-15/h4-5,8,10,21H,3,6-7,9H2,1-2H3. The Bertz CT molecular complexity index is 852. The summed E-state index contributed by atoms with van der Waals surface area (Å²) in [5.74, 6) is 0.682. The van der Waals surface area contributed by atoms with Gasteiger partial charge < -0.3 is 9.88 Å². The van der Waals surface area contributed by atoms with Crippen LogP contribution in [0.4, 0.5) is 10.2 Å². The Labute approximate surface area is 128 Å². The molecule has 3 heterocycles. The summed E-state index contributed by atoms with van der Waals surface area (Å²) >= 11 is 0. The van der Waals surface area contributed by atoms with Crippen molar-refractivity contribution in [2.75, 3.05) is 18.0 Å². The van der Waals surface area contributed by atoms with Crippen molar-refractivity contribution in [1.82, 2.24) is 15.0 Å². The van der Waals surface area contributed by atoms with Crippen LogP contribution in [-0.2, 0) is 0 Å². The summed E-state index contributed by atoms with van der Waals surface area (Å²) in [5, 5.41) is 0.815. The van der Waals surface area contributed by atoms with Gasteiger partial charge in [0.25, 0.3) is 0 Å². The Morgan fingerprint density at radius 1 is 1.27 bits per heavy atom. The lowest BCUT2D eigenvalue weighted by Gasteiger charge is -2.38. The van der Waals surface area contributed by atoms with E-state index in [1.54, 1.807) is 12.4 Å². The molecular weight excluding hydrogens is 279 g/mol. The Balaban J connectivity index is 1.89. The molecule has 3 aromatic rings. The van der Waals surface area contributed by atoms with E-state index >= 15 is 0 Å². The Morgan fingerprint density at radius 2 is 2.14 bits per heavy atom. The molecule has 2 aromatic heterocycles. The van der Waals surface area contributed by atoms with Gasteiger partial charge in [-0.15, -0.1) is 0 Å². The molecule has 0 aliphatic carbocycles. The van der Waals surface area contributed by atoms with Crippen LogP contribution in [0.2, 0.25) is 0 Å². The van der Waals surface area contributed by atoms with Crippen LogP contribution in [0.25, 0.3) is 21.9 Å². The van der Waals surface area contributed by atoms with Crippen LogP contribution < -0.4 is 4.90 Å². The molecule has 22 heavy (non-hydrogen) atoms. The second-order valence-corrected chi connectivity index (χ2v) is 6.93. The van der Waals surface area contributed by atoms with Gasteiger partial charge in [-0.25, -0.2) is 14.4 Å². The molecule has 114 valence electrons. The molecule has 1 aliphatic heterocycles. The van der Waals surface area contributed by atoms with Gasteiger partial charge in [0.05, 0.1) is 0 Å². The minimum absolute atomic E-state index is 0.243. The van der Waals surface area contributed by atoms with E-state index < -0.39 is 0 Å². The molecule has 0 spiro atoms. The van der Waals surface area contributed by atoms with Crippen LogP contribution in [0.5, 0.6) is 0 Å². The molecule has 5 heteroatoms. The lowest BCUT2D eigenvalue weighted by Crippen LogP contribution is -2.40. The lowest BCUT2D eigenvalue weighted by atomic mass is 9.84. The summed E-state index contributed by atoms with van der Waals surface area (Å²) in [5.41, 5.74) is 2.88. The predicted octanol–water partition coefficient (Wildman–Crippen LogP) is 3.88. The highest BCUT2D eigenvalue weighted by atomic mass is 19.1. The minimum atomic E-state index is -0.243. The SMILES string of the molecule is CC1(C)CCCN(c2ncnc3c2[nH]c2ccc(F)cc23)C1. The molecule has 1 fully saturated rings. The highest BCUT2D eigenvalue weighted by Gasteiger charge is 2.28. The maximum absolute atomic E-state index is 13.5. The average Bonchev–Trinajstić information content (AvgIpc) is 2.84. The second-order valence-electron chi connectivity index (χ2n) is 6.93. The van der Waals surface area contributed by atoms with Crippen LogP contribution >= 0.6 is 0 Å². The third-order valence-electron chi connectivity index (χ3n) is 4.52. The Morgan fingerprint density at radius 3 is 2.95 bits per heavy atom. The van der Waals surface area contributed by atoms with E-state index in [2.05, 4.69) is 33.7 Å². The molecule has 1 aromatic carbocycles. The van der Waals surface area contributed by atoms with Crippen molar-refractivity contribution in [3.8, 4) is 0 Å². The van der Waals surface area contributed by atoms with E-state index in [0.717, 1.165) is 47.3 Å². The van der Waals surface area contributed by atoms with Crippen molar-refractivity contribution in [3.63, 3.8) is 0 Å². The van der Waals surface area contributed by atoms with Crippen LogP contribution in [0.3, 0.4) is 0 Å². The fourth-order valence-corrected chi connectivity index (χ4v) is 3.50. The van der Waals surface area contributed by atoms with Crippen LogP contribution in [-0.4, -0.2) is 28.0 Å². The third-order valence-corrected chi connectivity index (χ3v) is 4.52. The second kappa shape index (κ2) is 4.66. The van der Waals surface area contributed by atoms with Crippen molar-refractivity contribution in [2.45, 2.75) is 26.7 Å². The van der Waals surface area contributed by atoms with E-state index in [1.165, 1.54) is 18.6 Å². The molecule has 4 nitrogen and oxygen atoms in total. The molecule has 1 saturated heterocycles. The first-order valence-electron chi connectivity index (χ1n) is 7.70. The maximum Gasteiger partial charge on any atom is 0.156 e. The lowest BCUT2D eigenvalue weighted by molar-refractivity contribution is 0.292. The van der Waals surface area contributed by atoms with Crippen molar-refractivity contribution >= 4 is 27.8 Å². The molecule has 0 saturated carbocycles. The molecule has 0 atom stereocenters. The number of aromatic amines is 1. The summed E-state index contributed by atoms with van der Waals surface area (Å²) in [6.07, 6.45) is 3.97. The quantitative estimate of drug-likeness (QED) is 0.741. The topological polar surface area (TPSA) is 44.8 Å². The van der Waals surface area contributed by atoms with Crippen molar-refractivity contribution in [3.05, 3.63) is 30.3 Å². The van der Waals surface area contributed by atoms with Gasteiger partial charge in [0.2, 0.25) is 0 Å². The van der Waals surface area contributed by atoms with E-state index in [4.69, 9.17) is 0 Å². The number of halogens is 1. The van der Waals surface area contributed by atoms with Gasteiger partial charge in [0.1, 0.15) is 23.2 Å². The van der Waals surface area contributed by atoms with Crippen molar-refractivity contribution < 1.29 is 4.39 Å². The fourth-order valence-electron chi connectivity index (χ4n) is 3.50. The van der Waals surface area contributed by atoms with Gasteiger partial charge in [0.15, 0.2) is 5.82 Å². The highest BCUT2D eigenvalue weighted by Crippen LogP contribution is 2.35. The number of benzene rings is 1. The van der Waals surface area contributed by atoms with Gasteiger partial charge >= 0.3 is 0 Å². The molecule has 1 aliphatic rings. The van der Waals surface area contributed by atoms with E-state index in [9.17, 15) is 4.39 Å². The van der Waals surface area contributed by atoms with E-state index in [0.29, 0.717) is 0 Å². The zero-order valence-corrected chi connectivity index (χ0v) is 12.9. The normalized spacial score (nSPS) is 18.2. The molecule has 0 bridgehead atoms. The van der Waals surface area contributed by atoms with E-state index in [-0.39, 0.29) is 11.2 Å². The molecular formula is C17H19FN4. The smallest absolute Gasteiger partial charge is 0.156 e. The van der Waals surface area contributed by atoms with Gasteiger partial charge in [-0.05, 0) is 36.5 Å². The molecule has 4 rings (SSSR count). The highest BCUT2D eigenvalue weighted by molar-refractivity contribution is 6.08. The Kier molecular flexibility index (Phi) is 2.86. The number of nitrogens with one attached hydrogen (secondary N) is 1. The van der Waals surface area contributed by atoms with Gasteiger partial charge in [-0.3, -0.25) is 0 Å². The number of rotatable bonds is 1. The van der Waals surface area contributed by atoms with Crippen LogP contribution in [0.1, 0.15) is 26.7 Å². The largest absolute Gasteiger partial charge is 0.354 e. The van der Waals surface area contributed by atoms with E-state index in [1.807, 2.05) is 0 Å². The minimum Gasteiger partial charge on any atom is -0.354 e. The summed E-state index contributed by atoms with van der Waals surface area (Å²) in [7, 11) is 0. The summed E-state index contributed by atoms with van der Waals surface area (Å²) in [4.78, 5) is 14.6. The zero-order valence-electron chi connectivity index (χ0n) is 12.9. The van der Waals surface area contributed by atoms with Crippen LogP contribution in [0.15, 0.2) is 24.5 Å². The predicted molar refractivity (Wildman–Crippen MR) is 86.6 cm³/mol. The molecule has 0 unspecified atom stereocenters. The molecule has 1 N–H and O–H groups in total. The number of hydrogen-bond acceptors (Lipinski definition) is 3. The maximum atomic E-state index is 13.5. The Hall–Kier alpha value is -2.17. The fraction of sp³-hybridized carbons (Fsp3) is 0.412. The van der Waals surface area contributed by atoms with Crippen molar-refractivity contribution in [1.29, 1.82) is 0 Å². The van der Waals surface area contributed by atoms with Crippen molar-refractivity contribution in [2.24, 2.45) is 5.41 Å². The third kappa shape index (κ3) is 2.12. The summed E-state index contributed by atoms with van der Waals surface area (Å²) < 4.78 is 13.5. The number of fused-ring (bicyclic) bond motifs is 3. The monoisotopic (exact) mass is 298 g/mol. The summed E-state index contributed by atoms with van der Waals surface area (Å²) in [6, 6.07) is 4.76. The zero-order chi connectivity index (χ0) is 15.3. The summed E-state index contributed by atoms with van der Waals surface area (Å²) in [6.45, 7) is 6.55. The van der Waals surface area contributed by atoms with Gasteiger partial charge in [-0.2, -0.15) is 0 Å². The number of piperidine rings is 1. The number of hydrogen-bond donors (Lipinski definition) is 1. The number of anilines is 1.